The van der Waals surface area contributed by atoms with Crippen molar-refractivity contribution in [2.75, 3.05) is 7.11 Å². The van der Waals surface area contributed by atoms with E-state index < -0.39 is 0 Å². The van der Waals surface area contributed by atoms with E-state index >= 15 is 0 Å². The molecule has 0 aliphatic rings. The van der Waals surface area contributed by atoms with Crippen molar-refractivity contribution in [1.29, 1.82) is 0 Å². The maximum absolute atomic E-state index is 12.3. The van der Waals surface area contributed by atoms with E-state index in [1.165, 1.54) is 37.4 Å². The Hall–Kier alpha value is -2.69. The van der Waals surface area contributed by atoms with E-state index in [0.29, 0.717) is 5.75 Å². The quantitative estimate of drug-likeness (QED) is 0.655. The highest BCUT2D eigenvalue weighted by Crippen LogP contribution is 2.33. The van der Waals surface area contributed by atoms with Gasteiger partial charge in [0.25, 0.3) is 0 Å². The van der Waals surface area contributed by atoms with Gasteiger partial charge in [0.15, 0.2) is 11.3 Å². The minimum absolute atomic E-state index is 0.00544. The summed E-state index contributed by atoms with van der Waals surface area (Å²) in [6.45, 7) is 0. The predicted molar refractivity (Wildman–Crippen MR) is 69.9 cm³/mol. The second-order valence-electron chi connectivity index (χ2n) is 4.10. The van der Waals surface area contributed by atoms with Crippen LogP contribution in [0.4, 0.5) is 0 Å². The number of rotatable bonds is 1. The highest BCUT2D eigenvalue weighted by atomic mass is 16.5. The first-order valence-electron chi connectivity index (χ1n) is 5.57. The van der Waals surface area contributed by atoms with Crippen LogP contribution in [0, 0.1) is 0 Å². The molecular weight excluding hydrogens is 248 g/mol. The van der Waals surface area contributed by atoms with Crippen molar-refractivity contribution in [2.24, 2.45) is 0 Å². The maximum atomic E-state index is 12.3. The third kappa shape index (κ3) is 1.59. The van der Waals surface area contributed by atoms with E-state index in [1.807, 2.05) is 0 Å². The van der Waals surface area contributed by atoms with Crippen LogP contribution in [0.3, 0.4) is 0 Å². The molecule has 1 aromatic heterocycles. The fourth-order valence-electron chi connectivity index (χ4n) is 2.06. The molecule has 19 heavy (non-hydrogen) atoms. The first-order chi connectivity index (χ1) is 9.11. The Morgan fingerprint density at radius 1 is 1.16 bits per heavy atom. The monoisotopic (exact) mass is 258 g/mol. The summed E-state index contributed by atoms with van der Waals surface area (Å²) >= 11 is 0. The highest BCUT2D eigenvalue weighted by Gasteiger charge is 2.15. The third-order valence-corrected chi connectivity index (χ3v) is 2.97. The molecule has 0 amide bonds. The number of benzene rings is 2. The van der Waals surface area contributed by atoms with Gasteiger partial charge in [-0.15, -0.1) is 0 Å². The summed E-state index contributed by atoms with van der Waals surface area (Å²) in [5, 5.41) is 19.6. The lowest BCUT2D eigenvalue weighted by Crippen LogP contribution is -2.03. The fourth-order valence-corrected chi connectivity index (χ4v) is 2.06. The van der Waals surface area contributed by atoms with Crippen LogP contribution >= 0.6 is 0 Å². The van der Waals surface area contributed by atoms with Gasteiger partial charge in [-0.05, 0) is 24.3 Å². The van der Waals surface area contributed by atoms with Gasteiger partial charge < -0.3 is 19.4 Å². The van der Waals surface area contributed by atoms with Crippen LogP contribution in [0.5, 0.6) is 17.2 Å². The van der Waals surface area contributed by atoms with Gasteiger partial charge in [-0.3, -0.25) is 4.79 Å². The number of phenols is 2. The van der Waals surface area contributed by atoms with Crippen molar-refractivity contribution in [3.63, 3.8) is 0 Å². The Kier molecular flexibility index (Phi) is 2.35. The van der Waals surface area contributed by atoms with Crippen LogP contribution in [0.1, 0.15) is 0 Å². The summed E-state index contributed by atoms with van der Waals surface area (Å²) in [6.07, 6.45) is 0. The maximum Gasteiger partial charge on any atom is 0.204 e. The number of aromatic hydroxyl groups is 2. The summed E-state index contributed by atoms with van der Waals surface area (Å²) in [7, 11) is 1.44. The zero-order valence-electron chi connectivity index (χ0n) is 10.0. The molecule has 0 radical (unpaired) electrons. The zero-order chi connectivity index (χ0) is 13.6. The molecule has 1 heterocycles. The van der Waals surface area contributed by atoms with Crippen molar-refractivity contribution in [3.8, 4) is 17.2 Å². The Balaban J connectivity index is 2.60. The van der Waals surface area contributed by atoms with Crippen LogP contribution in [0.25, 0.3) is 21.9 Å². The zero-order valence-corrected chi connectivity index (χ0v) is 10.0. The van der Waals surface area contributed by atoms with Crippen molar-refractivity contribution < 1.29 is 19.4 Å². The lowest BCUT2D eigenvalue weighted by atomic mass is 10.1. The van der Waals surface area contributed by atoms with Crippen molar-refractivity contribution in [1.82, 2.24) is 0 Å². The summed E-state index contributed by atoms with van der Waals surface area (Å²) in [4.78, 5) is 12.3. The molecule has 0 aliphatic heterocycles. The normalized spacial score (nSPS) is 11.0. The van der Waals surface area contributed by atoms with Gasteiger partial charge in [0, 0.05) is 6.07 Å². The summed E-state index contributed by atoms with van der Waals surface area (Å²) in [5.74, 6) is 0.170. The molecule has 5 heteroatoms. The molecular formula is C14H10O5. The van der Waals surface area contributed by atoms with Crippen molar-refractivity contribution in [2.45, 2.75) is 0 Å². The number of ether oxygens (including phenoxy) is 1. The molecule has 3 rings (SSSR count). The van der Waals surface area contributed by atoms with Gasteiger partial charge in [0.05, 0.1) is 12.5 Å². The van der Waals surface area contributed by atoms with Crippen LogP contribution in [0.2, 0.25) is 0 Å². The smallest absolute Gasteiger partial charge is 0.204 e. The molecule has 5 nitrogen and oxygen atoms in total. The molecule has 0 saturated heterocycles. The molecule has 0 fully saturated rings. The first kappa shape index (κ1) is 11.4. The Morgan fingerprint density at radius 2 is 1.95 bits per heavy atom. The van der Waals surface area contributed by atoms with Gasteiger partial charge in [-0.1, -0.05) is 0 Å². The molecule has 0 unspecified atom stereocenters. The average Bonchev–Trinajstić information content (AvgIpc) is 2.38. The summed E-state index contributed by atoms with van der Waals surface area (Å²) in [6, 6.07) is 7.08. The molecule has 2 N–H and O–H groups in total. The Labute approximate surface area is 107 Å². The van der Waals surface area contributed by atoms with E-state index in [0.717, 1.165) is 0 Å². The highest BCUT2D eigenvalue weighted by molar-refractivity contribution is 5.96. The van der Waals surface area contributed by atoms with Crippen molar-refractivity contribution >= 4 is 21.9 Å². The molecule has 0 saturated carbocycles. The molecule has 2 aromatic carbocycles. The molecule has 0 bridgehead atoms. The fraction of sp³-hybridized carbons (Fsp3) is 0.0714. The molecule has 0 spiro atoms. The van der Waals surface area contributed by atoms with E-state index in [9.17, 15) is 15.0 Å². The number of hydrogen-bond acceptors (Lipinski definition) is 5. The molecule has 96 valence electrons. The number of methoxy groups -OCH3 is 1. The second-order valence-corrected chi connectivity index (χ2v) is 4.10. The SMILES string of the molecule is COc1ccc(O)c2c(=O)c3ccc(O)cc3oc12. The summed E-state index contributed by atoms with van der Waals surface area (Å²) in [5.41, 5.74) is 0.0275. The Morgan fingerprint density at radius 3 is 2.68 bits per heavy atom. The van der Waals surface area contributed by atoms with E-state index in [2.05, 4.69) is 0 Å². The van der Waals surface area contributed by atoms with E-state index in [-0.39, 0.29) is 38.9 Å². The predicted octanol–water partition coefficient (Wildman–Crippen LogP) is 2.37. The topological polar surface area (TPSA) is 79.9 Å². The Bertz CT molecular complexity index is 848. The molecule has 3 aromatic rings. The van der Waals surface area contributed by atoms with Gasteiger partial charge in [0.2, 0.25) is 5.43 Å². The van der Waals surface area contributed by atoms with E-state index in [1.54, 1.807) is 0 Å². The lowest BCUT2D eigenvalue weighted by molar-refractivity contribution is 0.409. The summed E-state index contributed by atoms with van der Waals surface area (Å²) < 4.78 is 10.7. The lowest BCUT2D eigenvalue weighted by Gasteiger charge is -2.07. The standard InChI is InChI=1S/C14H10O5/c1-18-10-5-4-9(16)12-13(17)8-3-2-7(15)6-11(8)19-14(10)12/h2-6,15-16H,1H3. The van der Waals surface area contributed by atoms with Crippen LogP contribution < -0.4 is 10.2 Å². The second kappa shape index (κ2) is 3.91. The number of fused-ring (bicyclic) bond motifs is 2. The average molecular weight is 258 g/mol. The molecule has 0 aliphatic carbocycles. The van der Waals surface area contributed by atoms with Gasteiger partial charge in [-0.25, -0.2) is 0 Å². The first-order valence-corrected chi connectivity index (χ1v) is 5.57. The number of phenolic OH excluding ortho intramolecular Hbond substituents is 2. The van der Waals surface area contributed by atoms with Crippen molar-refractivity contribution in [3.05, 3.63) is 40.6 Å². The minimum atomic E-state index is -0.368. The largest absolute Gasteiger partial charge is 0.508 e. The minimum Gasteiger partial charge on any atom is -0.508 e. The third-order valence-electron chi connectivity index (χ3n) is 2.97. The molecule has 0 atom stereocenters. The van der Waals surface area contributed by atoms with Crippen LogP contribution in [0.15, 0.2) is 39.5 Å². The van der Waals surface area contributed by atoms with E-state index in [4.69, 9.17) is 9.15 Å². The van der Waals surface area contributed by atoms with Crippen LogP contribution in [-0.2, 0) is 0 Å². The van der Waals surface area contributed by atoms with Gasteiger partial charge in [0.1, 0.15) is 22.5 Å². The van der Waals surface area contributed by atoms with Gasteiger partial charge in [-0.2, -0.15) is 0 Å². The number of hydrogen-bond donors (Lipinski definition) is 2. The van der Waals surface area contributed by atoms with Gasteiger partial charge >= 0.3 is 0 Å². The van der Waals surface area contributed by atoms with Crippen LogP contribution in [-0.4, -0.2) is 17.3 Å².